The van der Waals surface area contributed by atoms with E-state index in [-0.39, 0.29) is 0 Å². The number of aliphatic hydroxyl groups is 1. The smallest absolute Gasteiger partial charge is 0.140 e. The van der Waals surface area contributed by atoms with Crippen molar-refractivity contribution in [2.75, 3.05) is 25.5 Å². The van der Waals surface area contributed by atoms with Crippen LogP contribution >= 0.6 is 0 Å². The Hall–Kier alpha value is -2.64. The van der Waals surface area contributed by atoms with E-state index >= 15 is 0 Å². The summed E-state index contributed by atoms with van der Waals surface area (Å²) in [7, 11) is 1.59. The second-order valence-corrected chi connectivity index (χ2v) is 7.09. The zero-order valence-corrected chi connectivity index (χ0v) is 15.2. The number of ether oxygens (including phenoxy) is 1. The molecule has 3 aromatic heterocycles. The number of hydrogen-bond acceptors (Lipinski definition) is 6. The number of hydrogen-bond donors (Lipinski definition) is 3. The van der Waals surface area contributed by atoms with Crippen LogP contribution in [0, 0.1) is 0 Å². The van der Waals surface area contributed by atoms with E-state index in [9.17, 15) is 5.11 Å². The van der Waals surface area contributed by atoms with Crippen LogP contribution in [0.25, 0.3) is 17.0 Å². The van der Waals surface area contributed by atoms with Crippen LogP contribution in [0.1, 0.15) is 19.4 Å². The first-order chi connectivity index (χ1) is 12.5. The van der Waals surface area contributed by atoms with Crippen molar-refractivity contribution in [2.45, 2.75) is 25.5 Å². The minimum absolute atomic E-state index is 0.422. The highest BCUT2D eigenvalue weighted by Crippen LogP contribution is 2.32. The van der Waals surface area contributed by atoms with Gasteiger partial charge in [-0.1, -0.05) is 6.07 Å². The van der Waals surface area contributed by atoms with Crippen LogP contribution < -0.4 is 15.4 Å². The summed E-state index contributed by atoms with van der Waals surface area (Å²) < 4.78 is 7.37. The van der Waals surface area contributed by atoms with Gasteiger partial charge >= 0.3 is 0 Å². The molecule has 7 heteroatoms. The molecule has 0 saturated carbocycles. The summed E-state index contributed by atoms with van der Waals surface area (Å²) in [5.41, 5.74) is 2.09. The Kier molecular flexibility index (Phi) is 4.05. The summed E-state index contributed by atoms with van der Waals surface area (Å²) in [4.78, 5) is 9.20. The van der Waals surface area contributed by atoms with E-state index in [1.54, 1.807) is 27.2 Å². The highest BCUT2D eigenvalue weighted by atomic mass is 16.5. The summed E-state index contributed by atoms with van der Waals surface area (Å²) in [6.45, 7) is 5.39. The van der Waals surface area contributed by atoms with Crippen molar-refractivity contribution in [1.82, 2.24) is 19.7 Å². The molecule has 26 heavy (non-hydrogen) atoms. The molecule has 0 aromatic carbocycles. The molecule has 1 fully saturated rings. The predicted molar refractivity (Wildman–Crippen MR) is 101 cm³/mol. The van der Waals surface area contributed by atoms with Gasteiger partial charge in [-0.05, 0) is 26.0 Å². The van der Waals surface area contributed by atoms with E-state index in [1.165, 1.54) is 0 Å². The lowest BCUT2D eigenvalue weighted by Gasteiger charge is -2.28. The summed E-state index contributed by atoms with van der Waals surface area (Å²) in [6, 6.07) is 8.17. The van der Waals surface area contributed by atoms with Gasteiger partial charge in [0.05, 0.1) is 36.3 Å². The van der Waals surface area contributed by atoms with Gasteiger partial charge in [-0.25, -0.2) is 9.97 Å². The second kappa shape index (κ2) is 6.26. The van der Waals surface area contributed by atoms with Crippen molar-refractivity contribution in [1.29, 1.82) is 0 Å². The Bertz CT molecular complexity index is 941. The molecular formula is C19H23N5O2. The van der Waals surface area contributed by atoms with Gasteiger partial charge in [0.15, 0.2) is 0 Å². The molecule has 4 rings (SSSR count). The van der Waals surface area contributed by atoms with Gasteiger partial charge in [0.25, 0.3) is 0 Å². The third-order valence-electron chi connectivity index (χ3n) is 4.63. The number of rotatable bonds is 5. The highest BCUT2D eigenvalue weighted by molar-refractivity contribution is 5.64. The molecule has 1 aliphatic heterocycles. The van der Waals surface area contributed by atoms with Gasteiger partial charge < -0.3 is 20.5 Å². The fraction of sp³-hybridized carbons (Fsp3) is 0.368. The fourth-order valence-corrected chi connectivity index (χ4v) is 3.08. The SMILES string of the molecule is COc1cc2ncc(-c3cccc(NC4CNC4)n3)n2cc1C(C)(C)O. The van der Waals surface area contributed by atoms with Crippen molar-refractivity contribution >= 4 is 11.5 Å². The summed E-state index contributed by atoms with van der Waals surface area (Å²) in [6.07, 6.45) is 3.66. The van der Waals surface area contributed by atoms with E-state index in [4.69, 9.17) is 9.72 Å². The number of aromatic nitrogens is 3. The van der Waals surface area contributed by atoms with Gasteiger partial charge in [0, 0.05) is 30.9 Å². The normalized spacial score (nSPS) is 15.1. The molecule has 136 valence electrons. The van der Waals surface area contributed by atoms with Gasteiger partial charge in [0.2, 0.25) is 0 Å². The average Bonchev–Trinajstić information content (AvgIpc) is 2.99. The number of imidazole rings is 1. The van der Waals surface area contributed by atoms with Crippen molar-refractivity contribution < 1.29 is 9.84 Å². The quantitative estimate of drug-likeness (QED) is 0.651. The van der Waals surface area contributed by atoms with E-state index in [0.717, 1.165) is 35.9 Å². The lowest BCUT2D eigenvalue weighted by atomic mass is 9.99. The minimum Gasteiger partial charge on any atom is -0.496 e. The van der Waals surface area contributed by atoms with Crippen molar-refractivity contribution in [3.8, 4) is 17.1 Å². The maximum atomic E-state index is 10.5. The van der Waals surface area contributed by atoms with Crippen molar-refractivity contribution in [2.24, 2.45) is 0 Å². The first-order valence-corrected chi connectivity index (χ1v) is 8.68. The van der Waals surface area contributed by atoms with E-state index in [0.29, 0.717) is 17.4 Å². The zero-order valence-electron chi connectivity index (χ0n) is 15.2. The largest absolute Gasteiger partial charge is 0.496 e. The van der Waals surface area contributed by atoms with Gasteiger partial charge in [0.1, 0.15) is 17.2 Å². The van der Waals surface area contributed by atoms with Crippen LogP contribution in [-0.2, 0) is 5.60 Å². The Labute approximate surface area is 152 Å². The van der Waals surface area contributed by atoms with Crippen LogP contribution in [0.4, 0.5) is 5.82 Å². The van der Waals surface area contributed by atoms with Crippen LogP contribution in [0.15, 0.2) is 36.7 Å². The first kappa shape index (κ1) is 16.8. The average molecular weight is 353 g/mol. The molecule has 3 aromatic rings. The molecule has 7 nitrogen and oxygen atoms in total. The monoisotopic (exact) mass is 353 g/mol. The van der Waals surface area contributed by atoms with Crippen molar-refractivity contribution in [3.05, 3.63) is 42.2 Å². The molecule has 0 spiro atoms. The lowest BCUT2D eigenvalue weighted by molar-refractivity contribution is 0.0752. The maximum Gasteiger partial charge on any atom is 0.140 e. The molecule has 1 aliphatic rings. The predicted octanol–water partition coefficient (Wildman–Crippen LogP) is 2.02. The number of nitrogens with one attached hydrogen (secondary N) is 2. The maximum absolute atomic E-state index is 10.5. The topological polar surface area (TPSA) is 83.7 Å². The van der Waals surface area contributed by atoms with Crippen molar-refractivity contribution in [3.63, 3.8) is 0 Å². The molecule has 0 atom stereocenters. The molecule has 0 bridgehead atoms. The second-order valence-electron chi connectivity index (χ2n) is 7.09. The van der Waals surface area contributed by atoms with E-state index < -0.39 is 5.60 Å². The number of fused-ring (bicyclic) bond motifs is 1. The van der Waals surface area contributed by atoms with Crippen LogP contribution in [0.2, 0.25) is 0 Å². The fourth-order valence-electron chi connectivity index (χ4n) is 3.08. The molecule has 0 radical (unpaired) electrons. The van der Waals surface area contributed by atoms with Gasteiger partial charge in [-0.2, -0.15) is 0 Å². The molecule has 0 unspecified atom stereocenters. The molecule has 0 aliphatic carbocycles. The Morgan fingerprint density at radius 2 is 2.15 bits per heavy atom. The Balaban J connectivity index is 1.78. The molecule has 4 heterocycles. The molecule has 1 saturated heterocycles. The number of methoxy groups -OCH3 is 1. The zero-order chi connectivity index (χ0) is 18.3. The Morgan fingerprint density at radius 1 is 1.35 bits per heavy atom. The minimum atomic E-state index is -1.03. The van der Waals surface area contributed by atoms with E-state index in [2.05, 4.69) is 15.6 Å². The molecular weight excluding hydrogens is 330 g/mol. The van der Waals surface area contributed by atoms with Gasteiger partial charge in [-0.3, -0.25) is 4.40 Å². The summed E-state index contributed by atoms with van der Waals surface area (Å²) >= 11 is 0. The Morgan fingerprint density at radius 3 is 2.81 bits per heavy atom. The molecule has 0 amide bonds. The number of nitrogens with zero attached hydrogens (tertiary/aromatic N) is 3. The lowest BCUT2D eigenvalue weighted by Crippen LogP contribution is -2.51. The van der Waals surface area contributed by atoms with Crippen LogP contribution in [0.5, 0.6) is 5.75 Å². The summed E-state index contributed by atoms with van der Waals surface area (Å²) in [5, 5.41) is 17.1. The standard InChI is InChI=1S/C19H23N5O2/c1-19(2,25)13-11-24-15(10-21-18(24)7-16(13)26-3)14-5-4-6-17(23-14)22-12-8-20-9-12/h4-7,10-12,20,25H,8-9H2,1-3H3,(H,22,23). The van der Waals surface area contributed by atoms with Crippen LogP contribution in [-0.4, -0.2) is 45.7 Å². The number of pyridine rings is 2. The third kappa shape index (κ3) is 3.00. The van der Waals surface area contributed by atoms with Gasteiger partial charge in [-0.15, -0.1) is 0 Å². The number of anilines is 1. The third-order valence-corrected chi connectivity index (χ3v) is 4.63. The highest BCUT2D eigenvalue weighted by Gasteiger charge is 2.23. The van der Waals surface area contributed by atoms with E-state index in [1.807, 2.05) is 34.9 Å². The van der Waals surface area contributed by atoms with Crippen LogP contribution in [0.3, 0.4) is 0 Å². The molecule has 3 N–H and O–H groups in total. The first-order valence-electron chi connectivity index (χ1n) is 8.68. The summed E-state index contributed by atoms with van der Waals surface area (Å²) in [5.74, 6) is 1.46.